The third kappa shape index (κ3) is 5.80. The van der Waals surface area contributed by atoms with Crippen LogP contribution in [0.3, 0.4) is 0 Å². The molecular formula is C50H43B5N2S. The third-order valence-electron chi connectivity index (χ3n) is 13.4. The summed E-state index contributed by atoms with van der Waals surface area (Å²) in [5.74, 6) is 0. The van der Waals surface area contributed by atoms with E-state index in [1.54, 1.807) is 0 Å². The van der Waals surface area contributed by atoms with Gasteiger partial charge < -0.3 is 4.57 Å². The normalized spacial score (nSPS) is 16.5. The van der Waals surface area contributed by atoms with Crippen LogP contribution in [0.2, 0.25) is 0 Å². The molecule has 58 heavy (non-hydrogen) atoms. The van der Waals surface area contributed by atoms with Gasteiger partial charge in [-0.3, -0.25) is 4.90 Å². The molecule has 3 aliphatic rings. The van der Waals surface area contributed by atoms with Crippen LogP contribution in [-0.4, -0.2) is 62.8 Å². The number of rotatable bonds is 5. The summed E-state index contributed by atoms with van der Waals surface area (Å²) in [6.45, 7) is 12.6. The Morgan fingerprint density at radius 1 is 0.759 bits per heavy atom. The predicted octanol–water partition coefficient (Wildman–Crippen LogP) is 7.04. The monoisotopic (exact) mass is 758 g/mol. The molecule has 0 bridgehead atoms. The van der Waals surface area contributed by atoms with Gasteiger partial charge in [0.1, 0.15) is 39.2 Å². The second kappa shape index (κ2) is 14.3. The third-order valence-corrected chi connectivity index (χ3v) is 13.8. The molecule has 0 N–H and O–H groups in total. The number of benzene rings is 5. The van der Waals surface area contributed by atoms with Gasteiger partial charge >= 0.3 is 0 Å². The van der Waals surface area contributed by atoms with Crippen molar-refractivity contribution in [2.75, 3.05) is 14.1 Å². The molecule has 8 heteroatoms. The van der Waals surface area contributed by atoms with Gasteiger partial charge in [-0.1, -0.05) is 98.7 Å². The molecule has 0 saturated heterocycles. The van der Waals surface area contributed by atoms with Crippen molar-refractivity contribution in [2.24, 2.45) is 0 Å². The summed E-state index contributed by atoms with van der Waals surface area (Å²) in [5.41, 5.74) is 23.4. The number of allylic oxidation sites excluding steroid dienone is 6. The summed E-state index contributed by atoms with van der Waals surface area (Å²) in [5, 5.41) is 2.00. The fraction of sp³-hybridized carbons (Fsp3) is 0.240. The van der Waals surface area contributed by atoms with E-state index in [2.05, 4.69) is 104 Å². The number of aromatic nitrogens is 1. The summed E-state index contributed by atoms with van der Waals surface area (Å²) in [6, 6.07) is 18.3. The van der Waals surface area contributed by atoms with Crippen LogP contribution >= 0.6 is 12.6 Å². The van der Waals surface area contributed by atoms with Crippen LogP contribution in [0.5, 0.6) is 0 Å². The standard InChI is InChI=1S/C50H43B5N2S/c1-24-14-15-30(17-16-29-10-8-12-34(24)29)49(56(6)7)36-13-9-11-31-21-32-22-33(18-19-35(32)40(31)36)57-39-23-37(41-44(52)26(3)43(51)27(4)45(41)53)25(2)20-38(39)42-48(57)28(5)46(54)47(55)50(42)58/h8-11,13,17-20,22-23,49,58H,1,12,14-16,21H2,2-7H3/b30-17+. The van der Waals surface area contributed by atoms with Crippen LogP contribution in [0.4, 0.5) is 0 Å². The van der Waals surface area contributed by atoms with Crippen LogP contribution in [0, 0.1) is 27.7 Å². The highest BCUT2D eigenvalue weighted by Gasteiger charge is 2.30. The molecule has 9 rings (SSSR count). The molecule has 1 aromatic heterocycles. The maximum Gasteiger partial charge on any atom is 0.114 e. The fourth-order valence-electron chi connectivity index (χ4n) is 10.1. The maximum absolute atomic E-state index is 6.83. The number of hydrogen-bond acceptors (Lipinski definition) is 2. The smallest absolute Gasteiger partial charge is 0.114 e. The van der Waals surface area contributed by atoms with Gasteiger partial charge in [0, 0.05) is 21.4 Å². The number of likely N-dealkylation sites (N-methyl/N-ethyl adjacent to an activating group) is 1. The minimum atomic E-state index is 0.144. The van der Waals surface area contributed by atoms with E-state index in [4.69, 9.17) is 51.9 Å². The molecule has 0 aliphatic heterocycles. The van der Waals surface area contributed by atoms with E-state index < -0.39 is 0 Å². The first-order valence-electron chi connectivity index (χ1n) is 20.2. The molecule has 0 amide bonds. The number of aryl methyl sites for hydroxylation is 2. The maximum atomic E-state index is 6.83. The highest BCUT2D eigenvalue weighted by Crippen LogP contribution is 2.47. The van der Waals surface area contributed by atoms with Crippen LogP contribution in [0.25, 0.3) is 49.7 Å². The average molecular weight is 758 g/mol. The van der Waals surface area contributed by atoms with Crippen molar-refractivity contribution < 1.29 is 0 Å². The summed E-state index contributed by atoms with van der Waals surface area (Å²) in [6.07, 6.45) is 11.8. The Kier molecular flexibility index (Phi) is 9.64. The van der Waals surface area contributed by atoms with E-state index in [-0.39, 0.29) is 6.04 Å². The molecular weight excluding hydrogens is 715 g/mol. The Bertz CT molecular complexity index is 2900. The van der Waals surface area contributed by atoms with E-state index in [9.17, 15) is 0 Å². The van der Waals surface area contributed by atoms with E-state index in [1.165, 1.54) is 50.1 Å². The van der Waals surface area contributed by atoms with Crippen LogP contribution in [0.1, 0.15) is 70.7 Å². The quantitative estimate of drug-likeness (QED) is 0.113. The Hall–Kier alpha value is -4.51. The molecule has 6 aromatic rings. The van der Waals surface area contributed by atoms with Gasteiger partial charge in [0.25, 0.3) is 0 Å². The van der Waals surface area contributed by atoms with Gasteiger partial charge in [-0.05, 0) is 159 Å². The van der Waals surface area contributed by atoms with Crippen molar-refractivity contribution >= 4 is 101 Å². The molecule has 274 valence electrons. The van der Waals surface area contributed by atoms with Crippen LogP contribution in [0.15, 0.2) is 101 Å². The van der Waals surface area contributed by atoms with Gasteiger partial charge in [0.05, 0.1) is 17.1 Å². The van der Waals surface area contributed by atoms with E-state index in [1.807, 2.05) is 20.8 Å². The van der Waals surface area contributed by atoms with Crippen molar-refractivity contribution in [2.45, 2.75) is 70.7 Å². The first-order valence-corrected chi connectivity index (χ1v) is 20.6. The lowest BCUT2D eigenvalue weighted by Gasteiger charge is -2.31. The molecule has 3 aliphatic carbocycles. The van der Waals surface area contributed by atoms with Crippen molar-refractivity contribution in [3.8, 4) is 27.9 Å². The second-order valence-electron chi connectivity index (χ2n) is 16.9. The number of thiol groups is 1. The summed E-state index contributed by atoms with van der Waals surface area (Å²) >= 11 is 5.02. The van der Waals surface area contributed by atoms with Gasteiger partial charge in [0.2, 0.25) is 0 Å². The Morgan fingerprint density at radius 2 is 1.50 bits per heavy atom. The second-order valence-corrected chi connectivity index (χ2v) is 17.3. The number of hydrogen-bond donors (Lipinski definition) is 1. The Labute approximate surface area is 356 Å². The van der Waals surface area contributed by atoms with E-state index in [0.29, 0.717) is 32.2 Å². The first kappa shape index (κ1) is 39.0. The molecule has 0 spiro atoms. The molecule has 0 saturated carbocycles. The average Bonchev–Trinajstić information content (AvgIpc) is 3.91. The van der Waals surface area contributed by atoms with Gasteiger partial charge in [-0.15, -0.1) is 12.6 Å². The molecule has 1 unspecified atom stereocenters. The van der Waals surface area contributed by atoms with Crippen molar-refractivity contribution in [3.63, 3.8) is 0 Å². The van der Waals surface area contributed by atoms with Gasteiger partial charge in [-0.2, -0.15) is 0 Å². The molecule has 1 heterocycles. The van der Waals surface area contributed by atoms with Crippen LogP contribution < -0.4 is 27.3 Å². The minimum absolute atomic E-state index is 0.144. The van der Waals surface area contributed by atoms with E-state index in [0.717, 1.165) is 93.0 Å². The topological polar surface area (TPSA) is 8.17 Å². The lowest BCUT2D eigenvalue weighted by molar-refractivity contribution is 0.331. The highest BCUT2D eigenvalue weighted by molar-refractivity contribution is 7.80. The molecule has 1 atom stereocenters. The van der Waals surface area contributed by atoms with Crippen LogP contribution in [-0.2, 0) is 6.42 Å². The van der Waals surface area contributed by atoms with Crippen molar-refractivity contribution in [1.82, 2.24) is 9.47 Å². The van der Waals surface area contributed by atoms with Gasteiger partial charge in [0.15, 0.2) is 0 Å². The Morgan fingerprint density at radius 3 is 2.22 bits per heavy atom. The van der Waals surface area contributed by atoms with E-state index >= 15 is 0 Å². The largest absolute Gasteiger partial charge is 0.309 e. The summed E-state index contributed by atoms with van der Waals surface area (Å²) < 4.78 is 2.32. The number of fused-ring (bicyclic) bond motifs is 6. The predicted molar refractivity (Wildman–Crippen MR) is 256 cm³/mol. The zero-order valence-electron chi connectivity index (χ0n) is 34.4. The molecule has 5 aromatic carbocycles. The number of nitrogens with zero attached hydrogens (tertiary/aromatic N) is 2. The minimum Gasteiger partial charge on any atom is -0.309 e. The first-order chi connectivity index (χ1) is 27.7. The molecule has 2 nitrogen and oxygen atoms in total. The molecule has 10 radical (unpaired) electrons. The van der Waals surface area contributed by atoms with Gasteiger partial charge in [-0.25, -0.2) is 0 Å². The van der Waals surface area contributed by atoms with Crippen molar-refractivity contribution in [3.05, 3.63) is 135 Å². The zero-order valence-corrected chi connectivity index (χ0v) is 35.3. The molecule has 0 fully saturated rings. The highest BCUT2D eigenvalue weighted by atomic mass is 32.1. The summed E-state index contributed by atoms with van der Waals surface area (Å²) in [7, 11) is 37.9. The Balaban J connectivity index is 1.24. The summed E-state index contributed by atoms with van der Waals surface area (Å²) in [4.78, 5) is 3.05. The fourth-order valence-corrected chi connectivity index (χ4v) is 10.5. The SMILES string of the molecule is [B]c1c(C)c([B])c(-c2cc3c(cc2C)c2c(S)c([B])c([B])c(C)c2n3-c2ccc3c(c2)Cc2cccc(C(/C4=C/CC5=C(CC=C5)C(=C)CC4)N(C)C)c2-3)c([B])c1C. The zero-order chi connectivity index (χ0) is 41.1. The van der Waals surface area contributed by atoms with Crippen molar-refractivity contribution in [1.29, 1.82) is 0 Å². The lowest BCUT2D eigenvalue weighted by atomic mass is 9.67. The lowest BCUT2D eigenvalue weighted by Crippen LogP contribution is -2.34.